The molecule has 0 aromatic heterocycles. The largest absolute Gasteiger partial charge is 0.488 e. The molecule has 0 bridgehead atoms. The van der Waals surface area contributed by atoms with Crippen LogP contribution in [0.4, 0.5) is 4.39 Å². The Morgan fingerprint density at radius 1 is 1.35 bits per heavy atom. The van der Waals surface area contributed by atoms with Gasteiger partial charge < -0.3 is 20.3 Å². The number of halogens is 1. The molecule has 0 spiro atoms. The molecular formula is C15H24FNO3. The van der Waals surface area contributed by atoms with Gasteiger partial charge >= 0.3 is 0 Å². The standard InChI is InChI=1S/C15H24FNO3/c1-3-4-7-19-9-13(18)10-20-15-6-5-12(11(2)17)8-14(15)16/h5-6,8,11,13,18H,3-4,7,9-10,17H2,1-2H3. The molecule has 2 atom stereocenters. The summed E-state index contributed by atoms with van der Waals surface area (Å²) in [5, 5.41) is 9.65. The zero-order valence-electron chi connectivity index (χ0n) is 12.1. The maximum absolute atomic E-state index is 13.7. The van der Waals surface area contributed by atoms with Crippen LogP contribution in [0.25, 0.3) is 0 Å². The van der Waals surface area contributed by atoms with Crippen LogP contribution in [0, 0.1) is 5.82 Å². The topological polar surface area (TPSA) is 64.7 Å². The molecule has 0 radical (unpaired) electrons. The van der Waals surface area contributed by atoms with Crippen LogP contribution < -0.4 is 10.5 Å². The third kappa shape index (κ3) is 5.86. The number of unbranched alkanes of at least 4 members (excludes halogenated alkanes) is 1. The van der Waals surface area contributed by atoms with E-state index >= 15 is 0 Å². The van der Waals surface area contributed by atoms with Crippen molar-refractivity contribution in [2.75, 3.05) is 19.8 Å². The zero-order chi connectivity index (χ0) is 15.0. The van der Waals surface area contributed by atoms with Crippen molar-refractivity contribution in [1.29, 1.82) is 0 Å². The van der Waals surface area contributed by atoms with Gasteiger partial charge in [-0.15, -0.1) is 0 Å². The second kappa shape index (κ2) is 8.89. The average Bonchev–Trinajstić information content (AvgIpc) is 2.42. The number of rotatable bonds is 9. The number of aliphatic hydroxyl groups excluding tert-OH is 1. The van der Waals surface area contributed by atoms with Gasteiger partial charge in [-0.1, -0.05) is 19.4 Å². The first-order valence-corrected chi connectivity index (χ1v) is 6.98. The Hall–Kier alpha value is -1.17. The molecule has 0 saturated carbocycles. The van der Waals surface area contributed by atoms with Crippen molar-refractivity contribution in [3.8, 4) is 5.75 Å². The second-order valence-corrected chi connectivity index (χ2v) is 4.87. The van der Waals surface area contributed by atoms with Gasteiger partial charge in [0, 0.05) is 12.6 Å². The third-order valence-electron chi connectivity index (χ3n) is 2.87. The Kier molecular flexibility index (Phi) is 7.51. The van der Waals surface area contributed by atoms with Crippen molar-refractivity contribution >= 4 is 0 Å². The summed E-state index contributed by atoms with van der Waals surface area (Å²) in [5.74, 6) is -0.360. The van der Waals surface area contributed by atoms with Gasteiger partial charge in [-0.3, -0.25) is 0 Å². The van der Waals surface area contributed by atoms with Gasteiger partial charge in [-0.2, -0.15) is 0 Å². The first-order valence-electron chi connectivity index (χ1n) is 6.98. The van der Waals surface area contributed by atoms with E-state index in [4.69, 9.17) is 15.2 Å². The molecule has 0 saturated heterocycles. The minimum Gasteiger partial charge on any atom is -0.488 e. The Morgan fingerprint density at radius 2 is 2.10 bits per heavy atom. The van der Waals surface area contributed by atoms with E-state index in [1.807, 2.05) is 0 Å². The molecule has 2 unspecified atom stereocenters. The lowest BCUT2D eigenvalue weighted by Crippen LogP contribution is -2.24. The van der Waals surface area contributed by atoms with Crippen molar-refractivity contribution in [2.24, 2.45) is 5.73 Å². The summed E-state index contributed by atoms with van der Waals surface area (Å²) < 4.78 is 24.2. The van der Waals surface area contributed by atoms with Crippen molar-refractivity contribution in [1.82, 2.24) is 0 Å². The van der Waals surface area contributed by atoms with E-state index in [1.54, 1.807) is 13.0 Å². The summed E-state index contributed by atoms with van der Waals surface area (Å²) in [6.07, 6.45) is 1.24. The fourth-order valence-electron chi connectivity index (χ4n) is 1.62. The number of aliphatic hydroxyl groups is 1. The molecule has 0 amide bonds. The highest BCUT2D eigenvalue weighted by molar-refractivity contribution is 5.30. The van der Waals surface area contributed by atoms with Crippen molar-refractivity contribution < 1.29 is 19.0 Å². The molecule has 1 rings (SSSR count). The lowest BCUT2D eigenvalue weighted by molar-refractivity contribution is 0.0106. The molecule has 1 aromatic rings. The average molecular weight is 285 g/mol. The summed E-state index contributed by atoms with van der Waals surface area (Å²) in [6, 6.07) is 4.37. The van der Waals surface area contributed by atoms with E-state index in [-0.39, 0.29) is 25.0 Å². The molecule has 0 aliphatic carbocycles. The Balaban J connectivity index is 2.37. The van der Waals surface area contributed by atoms with Gasteiger partial charge in [0.05, 0.1) is 6.61 Å². The minimum atomic E-state index is -0.764. The Morgan fingerprint density at radius 3 is 2.70 bits per heavy atom. The Labute approximate surface area is 119 Å². The van der Waals surface area contributed by atoms with E-state index < -0.39 is 11.9 Å². The maximum Gasteiger partial charge on any atom is 0.165 e. The van der Waals surface area contributed by atoms with Crippen LogP contribution in [-0.2, 0) is 4.74 Å². The van der Waals surface area contributed by atoms with Gasteiger partial charge in [0.2, 0.25) is 0 Å². The van der Waals surface area contributed by atoms with Crippen LogP contribution >= 0.6 is 0 Å². The Bertz CT molecular complexity index is 399. The molecule has 5 heteroatoms. The first kappa shape index (κ1) is 16.9. The van der Waals surface area contributed by atoms with E-state index in [9.17, 15) is 9.50 Å². The van der Waals surface area contributed by atoms with E-state index in [2.05, 4.69) is 6.92 Å². The fourth-order valence-corrected chi connectivity index (χ4v) is 1.62. The van der Waals surface area contributed by atoms with Crippen LogP contribution in [0.2, 0.25) is 0 Å². The maximum atomic E-state index is 13.7. The smallest absolute Gasteiger partial charge is 0.165 e. The summed E-state index contributed by atoms with van der Waals surface area (Å²) in [4.78, 5) is 0. The predicted molar refractivity (Wildman–Crippen MR) is 76.2 cm³/mol. The lowest BCUT2D eigenvalue weighted by Gasteiger charge is -2.14. The van der Waals surface area contributed by atoms with Gasteiger partial charge in [0.15, 0.2) is 11.6 Å². The number of hydrogen-bond donors (Lipinski definition) is 2. The van der Waals surface area contributed by atoms with Crippen LogP contribution in [0.5, 0.6) is 5.75 Å². The highest BCUT2D eigenvalue weighted by Crippen LogP contribution is 2.21. The molecule has 0 heterocycles. The summed E-state index contributed by atoms with van der Waals surface area (Å²) in [7, 11) is 0. The monoisotopic (exact) mass is 285 g/mol. The third-order valence-corrected chi connectivity index (χ3v) is 2.87. The summed E-state index contributed by atoms with van der Waals surface area (Å²) in [5.41, 5.74) is 6.38. The minimum absolute atomic E-state index is 0.000566. The highest BCUT2D eigenvalue weighted by Gasteiger charge is 2.10. The number of ether oxygens (including phenoxy) is 2. The molecular weight excluding hydrogens is 261 g/mol. The first-order chi connectivity index (χ1) is 9.54. The lowest BCUT2D eigenvalue weighted by atomic mass is 10.1. The predicted octanol–water partition coefficient (Wildman–Crippen LogP) is 2.40. The van der Waals surface area contributed by atoms with Gasteiger partial charge in [0.25, 0.3) is 0 Å². The van der Waals surface area contributed by atoms with Gasteiger partial charge in [-0.05, 0) is 31.0 Å². The van der Waals surface area contributed by atoms with Gasteiger partial charge in [-0.25, -0.2) is 4.39 Å². The summed E-state index contributed by atoms with van der Waals surface area (Å²) >= 11 is 0. The molecule has 3 N–H and O–H groups in total. The molecule has 20 heavy (non-hydrogen) atoms. The molecule has 0 aliphatic heterocycles. The van der Waals surface area contributed by atoms with E-state index in [0.29, 0.717) is 12.2 Å². The van der Waals surface area contributed by atoms with Crippen LogP contribution in [-0.4, -0.2) is 31.0 Å². The van der Waals surface area contributed by atoms with Gasteiger partial charge in [0.1, 0.15) is 12.7 Å². The molecule has 4 nitrogen and oxygen atoms in total. The van der Waals surface area contributed by atoms with Crippen molar-refractivity contribution in [3.63, 3.8) is 0 Å². The number of benzene rings is 1. The van der Waals surface area contributed by atoms with Crippen LogP contribution in [0.15, 0.2) is 18.2 Å². The molecule has 1 aromatic carbocycles. The fraction of sp³-hybridized carbons (Fsp3) is 0.600. The normalized spacial score (nSPS) is 14.1. The molecule has 0 fully saturated rings. The molecule has 0 aliphatic rings. The van der Waals surface area contributed by atoms with Crippen molar-refractivity contribution in [2.45, 2.75) is 38.8 Å². The number of nitrogens with two attached hydrogens (primary N) is 1. The SMILES string of the molecule is CCCCOCC(O)COc1ccc(C(C)N)cc1F. The molecule has 114 valence electrons. The van der Waals surface area contributed by atoms with E-state index in [1.165, 1.54) is 12.1 Å². The second-order valence-electron chi connectivity index (χ2n) is 4.87. The zero-order valence-corrected chi connectivity index (χ0v) is 12.1. The highest BCUT2D eigenvalue weighted by atomic mass is 19.1. The van der Waals surface area contributed by atoms with Crippen LogP contribution in [0.1, 0.15) is 38.3 Å². The van der Waals surface area contributed by atoms with Crippen LogP contribution in [0.3, 0.4) is 0 Å². The van der Waals surface area contributed by atoms with Crippen molar-refractivity contribution in [3.05, 3.63) is 29.6 Å². The summed E-state index contributed by atoms with van der Waals surface area (Å²) in [6.45, 7) is 4.66. The quantitative estimate of drug-likeness (QED) is 0.684. The number of hydrogen-bond acceptors (Lipinski definition) is 4. The van der Waals surface area contributed by atoms with E-state index in [0.717, 1.165) is 12.8 Å².